The zero-order chi connectivity index (χ0) is 10.6. The number of terminal acetylenes is 1. The molecule has 2 heteroatoms. The number of carboxylic acid groups (broad SMARTS) is 1. The number of carboxylic acids is 1. The lowest BCUT2D eigenvalue weighted by Gasteiger charge is -2.04. The van der Waals surface area contributed by atoms with Crippen molar-refractivity contribution in [3.8, 4) is 12.3 Å². The molecule has 0 fully saturated rings. The number of hydrogen-bond donors (Lipinski definition) is 1. The number of aromatic carboxylic acids is 1. The Kier molecular flexibility index (Phi) is 3.30. The van der Waals surface area contributed by atoms with E-state index in [1.807, 2.05) is 6.92 Å². The van der Waals surface area contributed by atoms with E-state index in [1.54, 1.807) is 18.2 Å². The highest BCUT2D eigenvalue weighted by atomic mass is 16.4. The first-order valence-electron chi connectivity index (χ1n) is 4.52. The maximum atomic E-state index is 10.9. The van der Waals surface area contributed by atoms with Crippen LogP contribution in [0.15, 0.2) is 18.2 Å². The summed E-state index contributed by atoms with van der Waals surface area (Å²) >= 11 is 0. The van der Waals surface area contributed by atoms with Crippen molar-refractivity contribution < 1.29 is 9.90 Å². The standard InChI is InChI=1S/C12H12O2/c1-3-5-10-7-6-9(4-2)8-11(10)12(13)14/h2,6-8H,3,5H2,1H3,(H,13,14). The van der Waals surface area contributed by atoms with Gasteiger partial charge in [-0.2, -0.15) is 0 Å². The summed E-state index contributed by atoms with van der Waals surface area (Å²) in [5.74, 6) is 1.52. The molecule has 72 valence electrons. The van der Waals surface area contributed by atoms with Gasteiger partial charge in [0.05, 0.1) is 5.56 Å². The van der Waals surface area contributed by atoms with Crippen LogP contribution in [0, 0.1) is 12.3 Å². The second-order valence-corrected chi connectivity index (χ2v) is 3.07. The van der Waals surface area contributed by atoms with Gasteiger partial charge >= 0.3 is 5.97 Å². The average Bonchev–Trinajstić information content (AvgIpc) is 2.18. The minimum atomic E-state index is -0.912. The van der Waals surface area contributed by atoms with Gasteiger partial charge in [0.15, 0.2) is 0 Å². The Morgan fingerprint density at radius 3 is 2.79 bits per heavy atom. The van der Waals surface area contributed by atoms with Gasteiger partial charge in [0.1, 0.15) is 0 Å². The molecule has 0 radical (unpaired) electrons. The van der Waals surface area contributed by atoms with E-state index in [4.69, 9.17) is 11.5 Å². The molecule has 1 rings (SSSR count). The Balaban J connectivity index is 3.18. The van der Waals surface area contributed by atoms with Crippen molar-refractivity contribution in [2.24, 2.45) is 0 Å². The topological polar surface area (TPSA) is 37.3 Å². The molecule has 0 aromatic heterocycles. The Labute approximate surface area is 83.6 Å². The second-order valence-electron chi connectivity index (χ2n) is 3.07. The van der Waals surface area contributed by atoms with Gasteiger partial charge in [-0.3, -0.25) is 0 Å². The molecule has 0 unspecified atom stereocenters. The molecular formula is C12H12O2. The summed E-state index contributed by atoms with van der Waals surface area (Å²) in [6, 6.07) is 5.12. The largest absolute Gasteiger partial charge is 0.478 e. The van der Waals surface area contributed by atoms with Crippen LogP contribution in [0.5, 0.6) is 0 Å². The molecule has 0 aliphatic heterocycles. The second kappa shape index (κ2) is 4.48. The molecule has 0 heterocycles. The van der Waals surface area contributed by atoms with Gasteiger partial charge in [-0.1, -0.05) is 25.3 Å². The van der Waals surface area contributed by atoms with E-state index in [0.29, 0.717) is 11.1 Å². The highest BCUT2D eigenvalue weighted by Crippen LogP contribution is 2.13. The van der Waals surface area contributed by atoms with Crippen LogP contribution in [0.25, 0.3) is 0 Å². The molecule has 0 aliphatic carbocycles. The lowest BCUT2D eigenvalue weighted by atomic mass is 10.0. The predicted molar refractivity (Wildman–Crippen MR) is 55.3 cm³/mol. The molecule has 0 bridgehead atoms. The zero-order valence-electron chi connectivity index (χ0n) is 8.08. The predicted octanol–water partition coefficient (Wildman–Crippen LogP) is 2.32. The Morgan fingerprint density at radius 2 is 2.29 bits per heavy atom. The SMILES string of the molecule is C#Cc1ccc(CCC)c(C(=O)O)c1. The van der Waals surface area contributed by atoms with Gasteiger partial charge in [-0.25, -0.2) is 4.79 Å². The fourth-order valence-electron chi connectivity index (χ4n) is 1.35. The van der Waals surface area contributed by atoms with E-state index in [2.05, 4.69) is 5.92 Å². The van der Waals surface area contributed by atoms with E-state index < -0.39 is 5.97 Å². The normalized spacial score (nSPS) is 9.43. The molecule has 0 aliphatic rings. The van der Waals surface area contributed by atoms with E-state index >= 15 is 0 Å². The van der Waals surface area contributed by atoms with E-state index in [-0.39, 0.29) is 0 Å². The van der Waals surface area contributed by atoms with Gasteiger partial charge in [-0.15, -0.1) is 6.42 Å². The van der Waals surface area contributed by atoms with Crippen LogP contribution in [0.2, 0.25) is 0 Å². The summed E-state index contributed by atoms with van der Waals surface area (Å²) in [6.07, 6.45) is 6.90. The van der Waals surface area contributed by atoms with Gasteiger partial charge in [0.2, 0.25) is 0 Å². The van der Waals surface area contributed by atoms with Crippen LogP contribution in [-0.4, -0.2) is 11.1 Å². The molecular weight excluding hydrogens is 176 g/mol. The first-order chi connectivity index (χ1) is 6.69. The van der Waals surface area contributed by atoms with Gasteiger partial charge in [0, 0.05) is 5.56 Å². The highest BCUT2D eigenvalue weighted by Gasteiger charge is 2.09. The summed E-state index contributed by atoms with van der Waals surface area (Å²) in [5.41, 5.74) is 1.78. The van der Waals surface area contributed by atoms with Crippen molar-refractivity contribution in [1.82, 2.24) is 0 Å². The van der Waals surface area contributed by atoms with Gasteiger partial charge < -0.3 is 5.11 Å². The molecule has 0 atom stereocenters. The first kappa shape index (κ1) is 10.3. The first-order valence-corrected chi connectivity index (χ1v) is 4.52. The third kappa shape index (κ3) is 2.14. The molecule has 2 nitrogen and oxygen atoms in total. The Hall–Kier alpha value is -1.75. The van der Waals surface area contributed by atoms with Crippen LogP contribution in [-0.2, 0) is 6.42 Å². The van der Waals surface area contributed by atoms with E-state index in [9.17, 15) is 4.79 Å². The van der Waals surface area contributed by atoms with Crippen molar-refractivity contribution in [2.75, 3.05) is 0 Å². The van der Waals surface area contributed by atoms with Crippen LogP contribution >= 0.6 is 0 Å². The summed E-state index contributed by atoms with van der Waals surface area (Å²) in [6.45, 7) is 2.01. The maximum Gasteiger partial charge on any atom is 0.336 e. The van der Waals surface area contributed by atoms with Gasteiger partial charge in [-0.05, 0) is 24.1 Å². The van der Waals surface area contributed by atoms with Crippen LogP contribution < -0.4 is 0 Å². The number of carbonyl (C=O) groups is 1. The van der Waals surface area contributed by atoms with Crippen molar-refractivity contribution in [3.05, 3.63) is 34.9 Å². The highest BCUT2D eigenvalue weighted by molar-refractivity contribution is 5.89. The summed E-state index contributed by atoms with van der Waals surface area (Å²) < 4.78 is 0. The number of rotatable bonds is 3. The monoisotopic (exact) mass is 188 g/mol. The molecule has 0 saturated heterocycles. The minimum absolute atomic E-state index is 0.322. The minimum Gasteiger partial charge on any atom is -0.478 e. The summed E-state index contributed by atoms with van der Waals surface area (Å²) in [4.78, 5) is 10.9. The number of aryl methyl sites for hydroxylation is 1. The smallest absolute Gasteiger partial charge is 0.336 e. The maximum absolute atomic E-state index is 10.9. The van der Waals surface area contributed by atoms with Crippen LogP contribution in [0.1, 0.15) is 34.8 Å². The van der Waals surface area contributed by atoms with Crippen LogP contribution in [0.3, 0.4) is 0 Å². The molecule has 0 amide bonds. The van der Waals surface area contributed by atoms with Crippen molar-refractivity contribution in [3.63, 3.8) is 0 Å². The third-order valence-electron chi connectivity index (χ3n) is 2.03. The molecule has 14 heavy (non-hydrogen) atoms. The summed E-state index contributed by atoms with van der Waals surface area (Å²) in [7, 11) is 0. The Bertz CT molecular complexity index is 386. The molecule has 1 aromatic rings. The van der Waals surface area contributed by atoms with Gasteiger partial charge in [0.25, 0.3) is 0 Å². The number of hydrogen-bond acceptors (Lipinski definition) is 1. The van der Waals surface area contributed by atoms with E-state index in [1.165, 1.54) is 0 Å². The van der Waals surface area contributed by atoms with Crippen molar-refractivity contribution in [1.29, 1.82) is 0 Å². The lowest BCUT2D eigenvalue weighted by molar-refractivity contribution is 0.0695. The molecule has 1 N–H and O–H groups in total. The Morgan fingerprint density at radius 1 is 1.57 bits per heavy atom. The van der Waals surface area contributed by atoms with E-state index in [0.717, 1.165) is 18.4 Å². The van der Waals surface area contributed by atoms with Crippen LogP contribution in [0.4, 0.5) is 0 Å². The zero-order valence-corrected chi connectivity index (χ0v) is 8.08. The van der Waals surface area contributed by atoms with Crippen molar-refractivity contribution in [2.45, 2.75) is 19.8 Å². The lowest BCUT2D eigenvalue weighted by Crippen LogP contribution is -2.02. The molecule has 0 spiro atoms. The third-order valence-corrected chi connectivity index (χ3v) is 2.03. The summed E-state index contributed by atoms with van der Waals surface area (Å²) in [5, 5.41) is 8.94. The molecule has 1 aromatic carbocycles. The van der Waals surface area contributed by atoms with Crippen molar-refractivity contribution >= 4 is 5.97 Å². The molecule has 0 saturated carbocycles. The quantitative estimate of drug-likeness (QED) is 0.739. The average molecular weight is 188 g/mol. The number of benzene rings is 1. The fraction of sp³-hybridized carbons (Fsp3) is 0.250. The fourth-order valence-corrected chi connectivity index (χ4v) is 1.35.